The number of hydrogen-bond donors (Lipinski definition) is 4. The first-order chi connectivity index (χ1) is 20.0. The van der Waals surface area contributed by atoms with E-state index in [0.717, 1.165) is 24.3 Å². The summed E-state index contributed by atoms with van der Waals surface area (Å²) in [5.74, 6) is -1.91. The van der Waals surface area contributed by atoms with Crippen molar-refractivity contribution in [2.45, 2.75) is 17.7 Å². The molecule has 1 aliphatic heterocycles. The van der Waals surface area contributed by atoms with Crippen molar-refractivity contribution >= 4 is 33.6 Å². The highest BCUT2D eigenvalue weighted by Gasteiger charge is 2.23. The predicted molar refractivity (Wildman–Crippen MR) is 148 cm³/mol. The first-order valence-corrected chi connectivity index (χ1v) is 14.4. The van der Waals surface area contributed by atoms with Crippen LogP contribution >= 0.6 is 0 Å². The van der Waals surface area contributed by atoms with Crippen LogP contribution in [0.1, 0.15) is 23.2 Å². The molecule has 1 saturated heterocycles. The first kappa shape index (κ1) is 30.2. The van der Waals surface area contributed by atoms with Gasteiger partial charge >= 0.3 is 6.09 Å². The van der Waals surface area contributed by atoms with Crippen LogP contribution in [0.4, 0.5) is 19.3 Å². The molecular formula is C28H28F2N4O7S. The third kappa shape index (κ3) is 8.16. The lowest BCUT2D eigenvalue weighted by molar-refractivity contribution is -0.120. The lowest BCUT2D eigenvalue weighted by Gasteiger charge is -2.29. The Morgan fingerprint density at radius 2 is 1.55 bits per heavy atom. The molecule has 222 valence electrons. The lowest BCUT2D eigenvalue weighted by atomic mass is 9.97. The van der Waals surface area contributed by atoms with Crippen LogP contribution < -0.4 is 20.1 Å². The Hall–Kier alpha value is -4.72. The van der Waals surface area contributed by atoms with Crippen molar-refractivity contribution in [1.82, 2.24) is 15.5 Å². The standard InChI is InChI=1S/C28H28F2N4O7S/c29-20-3-6-22(7-4-20)41-25-10-5-21(30)15-24(25)33-42(39,40)23-8-1-19(2-9-23)27(36)32-17-26(35)31-16-18-11-13-34(14-12-18)28(37)38/h1-10,15,18,33H,11-14,16-17H2,(H,31,35)(H,32,36)(H,37,38). The Kier molecular flexibility index (Phi) is 9.57. The maximum absolute atomic E-state index is 13.9. The Morgan fingerprint density at radius 3 is 2.19 bits per heavy atom. The lowest BCUT2D eigenvalue weighted by Crippen LogP contribution is -2.43. The summed E-state index contributed by atoms with van der Waals surface area (Å²) in [4.78, 5) is 36.7. The topological polar surface area (TPSA) is 154 Å². The smallest absolute Gasteiger partial charge is 0.407 e. The predicted octanol–water partition coefficient (Wildman–Crippen LogP) is 3.79. The quantitative estimate of drug-likeness (QED) is 0.275. The van der Waals surface area contributed by atoms with Gasteiger partial charge in [0.2, 0.25) is 5.91 Å². The van der Waals surface area contributed by atoms with Gasteiger partial charge < -0.3 is 25.4 Å². The number of benzene rings is 3. The average molecular weight is 603 g/mol. The molecule has 11 nitrogen and oxygen atoms in total. The molecule has 3 amide bonds. The van der Waals surface area contributed by atoms with Crippen LogP contribution in [0.25, 0.3) is 0 Å². The molecule has 3 aromatic rings. The van der Waals surface area contributed by atoms with E-state index in [1.165, 1.54) is 47.4 Å². The van der Waals surface area contributed by atoms with Crippen LogP contribution in [0, 0.1) is 17.6 Å². The van der Waals surface area contributed by atoms with Gasteiger partial charge in [0.15, 0.2) is 5.75 Å². The fraction of sp³-hybridized carbons (Fsp3) is 0.250. The Balaban J connectivity index is 1.31. The minimum atomic E-state index is -4.23. The molecule has 0 spiro atoms. The van der Waals surface area contributed by atoms with Gasteiger partial charge in [-0.25, -0.2) is 22.0 Å². The van der Waals surface area contributed by atoms with Gasteiger partial charge in [-0.2, -0.15) is 0 Å². The van der Waals surface area contributed by atoms with Crippen molar-refractivity contribution in [2.75, 3.05) is 30.9 Å². The zero-order chi connectivity index (χ0) is 30.3. The van der Waals surface area contributed by atoms with Gasteiger partial charge in [-0.15, -0.1) is 0 Å². The van der Waals surface area contributed by atoms with Crippen LogP contribution in [-0.2, 0) is 14.8 Å². The second-order valence-electron chi connectivity index (χ2n) is 9.53. The molecule has 0 unspecified atom stereocenters. The minimum absolute atomic E-state index is 0.0217. The third-order valence-corrected chi connectivity index (χ3v) is 7.92. The van der Waals surface area contributed by atoms with Crippen molar-refractivity contribution in [3.8, 4) is 11.5 Å². The van der Waals surface area contributed by atoms with Crippen LogP contribution in [-0.4, -0.2) is 62.5 Å². The number of anilines is 1. The van der Waals surface area contributed by atoms with Crippen molar-refractivity contribution in [3.63, 3.8) is 0 Å². The van der Waals surface area contributed by atoms with Crippen LogP contribution in [0.3, 0.4) is 0 Å². The summed E-state index contributed by atoms with van der Waals surface area (Å²) in [5, 5.41) is 14.2. The van der Waals surface area contributed by atoms with E-state index < -0.39 is 39.6 Å². The highest BCUT2D eigenvalue weighted by molar-refractivity contribution is 7.92. The molecule has 0 bridgehead atoms. The van der Waals surface area contributed by atoms with Gasteiger partial charge in [0, 0.05) is 31.3 Å². The molecule has 4 rings (SSSR count). The van der Waals surface area contributed by atoms with E-state index in [1.54, 1.807) is 0 Å². The molecule has 0 aromatic heterocycles. The molecular weight excluding hydrogens is 574 g/mol. The Labute approximate surface area is 240 Å². The molecule has 42 heavy (non-hydrogen) atoms. The molecule has 0 saturated carbocycles. The van der Waals surface area contributed by atoms with E-state index in [9.17, 15) is 31.6 Å². The molecule has 1 fully saturated rings. The first-order valence-electron chi connectivity index (χ1n) is 12.9. The van der Waals surface area contributed by atoms with Crippen LogP contribution in [0.5, 0.6) is 11.5 Å². The van der Waals surface area contributed by atoms with E-state index in [1.807, 2.05) is 0 Å². The van der Waals surface area contributed by atoms with Crippen LogP contribution in [0.2, 0.25) is 0 Å². The number of sulfonamides is 1. The van der Waals surface area contributed by atoms with Crippen molar-refractivity contribution in [1.29, 1.82) is 0 Å². The van der Waals surface area contributed by atoms with Gasteiger partial charge in [0.1, 0.15) is 17.4 Å². The van der Waals surface area contributed by atoms with E-state index in [0.29, 0.717) is 32.5 Å². The van der Waals surface area contributed by atoms with Gasteiger partial charge in [-0.3, -0.25) is 14.3 Å². The number of hydrogen-bond acceptors (Lipinski definition) is 6. The van der Waals surface area contributed by atoms with Crippen molar-refractivity contribution in [3.05, 3.63) is 83.9 Å². The number of likely N-dealkylation sites (tertiary alicyclic amines) is 1. The second-order valence-corrected chi connectivity index (χ2v) is 11.2. The molecule has 0 atom stereocenters. The summed E-state index contributed by atoms with van der Waals surface area (Å²) >= 11 is 0. The Bertz CT molecular complexity index is 1540. The van der Waals surface area contributed by atoms with Gasteiger partial charge in [0.25, 0.3) is 15.9 Å². The third-order valence-electron chi connectivity index (χ3n) is 6.54. The number of piperidine rings is 1. The van der Waals surface area contributed by atoms with Crippen molar-refractivity contribution < 1.29 is 41.4 Å². The largest absolute Gasteiger partial charge is 0.465 e. The number of halogens is 2. The van der Waals surface area contributed by atoms with Gasteiger partial charge in [-0.05, 0) is 79.4 Å². The maximum Gasteiger partial charge on any atom is 0.407 e. The zero-order valence-electron chi connectivity index (χ0n) is 22.2. The molecule has 0 radical (unpaired) electrons. The summed E-state index contributed by atoms with van der Waals surface area (Å²) in [7, 11) is -4.23. The van der Waals surface area contributed by atoms with Gasteiger partial charge in [0.05, 0.1) is 17.1 Å². The minimum Gasteiger partial charge on any atom is -0.465 e. The SMILES string of the molecule is O=C(CNC(=O)c1ccc(S(=O)(=O)Nc2cc(F)ccc2Oc2ccc(F)cc2)cc1)NCC1CCN(C(=O)O)CC1. The highest BCUT2D eigenvalue weighted by Crippen LogP contribution is 2.32. The van der Waals surface area contributed by atoms with E-state index >= 15 is 0 Å². The number of amides is 3. The molecule has 3 aromatic carbocycles. The second kappa shape index (κ2) is 13.3. The Morgan fingerprint density at radius 1 is 0.905 bits per heavy atom. The molecule has 14 heteroatoms. The van der Waals surface area contributed by atoms with Crippen molar-refractivity contribution in [2.24, 2.45) is 5.92 Å². The summed E-state index contributed by atoms with van der Waals surface area (Å²) in [6.45, 7) is 0.872. The number of rotatable bonds is 10. The normalized spacial score (nSPS) is 13.7. The zero-order valence-corrected chi connectivity index (χ0v) is 23.0. The van der Waals surface area contributed by atoms with Gasteiger partial charge in [-0.1, -0.05) is 0 Å². The number of nitrogens with zero attached hydrogens (tertiary/aromatic N) is 1. The number of carbonyl (C=O) groups is 3. The molecule has 4 N–H and O–H groups in total. The summed E-state index contributed by atoms with van der Waals surface area (Å²) < 4.78 is 61.0. The summed E-state index contributed by atoms with van der Waals surface area (Å²) in [6.07, 6.45) is 0.298. The van der Waals surface area contributed by atoms with E-state index in [-0.39, 0.29) is 40.1 Å². The number of carbonyl (C=O) groups excluding carboxylic acids is 2. The summed E-state index contributed by atoms with van der Waals surface area (Å²) in [5.41, 5.74) is -0.0894. The monoisotopic (exact) mass is 602 g/mol. The maximum atomic E-state index is 13.9. The number of ether oxygens (including phenoxy) is 1. The molecule has 0 aliphatic carbocycles. The van der Waals surface area contributed by atoms with E-state index in [2.05, 4.69) is 15.4 Å². The molecule has 1 aliphatic rings. The summed E-state index contributed by atoms with van der Waals surface area (Å²) in [6, 6.07) is 13.1. The average Bonchev–Trinajstić information content (AvgIpc) is 2.97. The van der Waals surface area contributed by atoms with Crippen LogP contribution in [0.15, 0.2) is 71.6 Å². The highest BCUT2D eigenvalue weighted by atomic mass is 32.2. The number of carboxylic acid groups (broad SMARTS) is 1. The number of nitrogens with one attached hydrogen (secondary N) is 3. The fourth-order valence-corrected chi connectivity index (χ4v) is 5.26. The fourth-order valence-electron chi connectivity index (χ4n) is 4.20. The van der Waals surface area contributed by atoms with E-state index in [4.69, 9.17) is 9.84 Å². The molecule has 1 heterocycles.